The van der Waals surface area contributed by atoms with Gasteiger partial charge in [0, 0.05) is 22.9 Å². The molecule has 2 rings (SSSR count). The summed E-state index contributed by atoms with van der Waals surface area (Å²) in [7, 11) is 0. The predicted molar refractivity (Wildman–Crippen MR) is 71.4 cm³/mol. The van der Waals surface area contributed by atoms with Gasteiger partial charge < -0.3 is 5.32 Å². The zero-order chi connectivity index (χ0) is 12.1. The van der Waals surface area contributed by atoms with E-state index in [1.54, 1.807) is 12.4 Å². The van der Waals surface area contributed by atoms with Gasteiger partial charge in [-0.05, 0) is 24.6 Å². The number of hydrogen-bond donors (Lipinski definition) is 1. The van der Waals surface area contributed by atoms with Crippen LogP contribution in [0.25, 0.3) is 0 Å². The molecule has 0 unspecified atom stereocenters. The summed E-state index contributed by atoms with van der Waals surface area (Å²) >= 11 is 3.55. The fourth-order valence-electron chi connectivity index (χ4n) is 1.60. The van der Waals surface area contributed by atoms with Gasteiger partial charge in [-0.2, -0.15) is 0 Å². The highest BCUT2D eigenvalue weighted by Gasteiger charge is 2.08. The molecule has 1 aromatic carbocycles. The Kier molecular flexibility index (Phi) is 4.23. The van der Waals surface area contributed by atoms with E-state index in [1.807, 2.05) is 24.3 Å². The lowest BCUT2D eigenvalue weighted by atomic mass is 10.1. The number of rotatable bonds is 4. The summed E-state index contributed by atoms with van der Waals surface area (Å²) in [4.78, 5) is 8.36. The quantitative estimate of drug-likeness (QED) is 0.941. The first-order chi connectivity index (χ1) is 8.27. The SMILES string of the molecule is C[C@H](NCc1ncccn1)c1ccccc1Br. The van der Waals surface area contributed by atoms with Gasteiger partial charge in [-0.15, -0.1) is 0 Å². The highest BCUT2D eigenvalue weighted by molar-refractivity contribution is 9.10. The molecule has 4 heteroatoms. The maximum absolute atomic E-state index is 4.18. The van der Waals surface area contributed by atoms with Crippen molar-refractivity contribution in [2.75, 3.05) is 0 Å². The van der Waals surface area contributed by atoms with Crippen LogP contribution in [0.2, 0.25) is 0 Å². The summed E-state index contributed by atoms with van der Waals surface area (Å²) in [6.07, 6.45) is 3.51. The van der Waals surface area contributed by atoms with Crippen LogP contribution >= 0.6 is 15.9 Å². The van der Waals surface area contributed by atoms with Crippen LogP contribution in [-0.4, -0.2) is 9.97 Å². The Morgan fingerprint density at radius 2 is 1.88 bits per heavy atom. The van der Waals surface area contributed by atoms with E-state index >= 15 is 0 Å². The summed E-state index contributed by atoms with van der Waals surface area (Å²) in [5.41, 5.74) is 1.24. The van der Waals surface area contributed by atoms with Crippen LogP contribution in [0.1, 0.15) is 24.4 Å². The Morgan fingerprint density at radius 3 is 2.59 bits per heavy atom. The molecule has 1 heterocycles. The number of aromatic nitrogens is 2. The Labute approximate surface area is 109 Å². The summed E-state index contributed by atoms with van der Waals surface area (Å²) in [5, 5.41) is 3.40. The number of halogens is 1. The first-order valence-electron chi connectivity index (χ1n) is 5.51. The van der Waals surface area contributed by atoms with Crippen molar-refractivity contribution >= 4 is 15.9 Å². The van der Waals surface area contributed by atoms with Crippen molar-refractivity contribution in [1.29, 1.82) is 0 Å². The largest absolute Gasteiger partial charge is 0.303 e. The van der Waals surface area contributed by atoms with Crippen LogP contribution in [0.5, 0.6) is 0 Å². The molecule has 0 saturated heterocycles. The first kappa shape index (κ1) is 12.2. The summed E-state index contributed by atoms with van der Waals surface area (Å²) in [6, 6.07) is 10.3. The lowest BCUT2D eigenvalue weighted by Crippen LogP contribution is -2.19. The lowest BCUT2D eigenvalue weighted by molar-refractivity contribution is 0.557. The molecule has 0 bridgehead atoms. The van der Waals surface area contributed by atoms with Crippen LogP contribution in [0.4, 0.5) is 0 Å². The topological polar surface area (TPSA) is 37.8 Å². The van der Waals surface area contributed by atoms with Gasteiger partial charge in [-0.25, -0.2) is 9.97 Å². The minimum absolute atomic E-state index is 0.259. The smallest absolute Gasteiger partial charge is 0.141 e. The number of hydrogen-bond acceptors (Lipinski definition) is 3. The third kappa shape index (κ3) is 3.35. The molecule has 17 heavy (non-hydrogen) atoms. The van der Waals surface area contributed by atoms with Gasteiger partial charge in [0.25, 0.3) is 0 Å². The van der Waals surface area contributed by atoms with Crippen LogP contribution < -0.4 is 5.32 Å². The maximum atomic E-state index is 4.18. The van der Waals surface area contributed by atoms with E-state index in [9.17, 15) is 0 Å². The fourth-order valence-corrected chi connectivity index (χ4v) is 2.23. The van der Waals surface area contributed by atoms with E-state index in [0.29, 0.717) is 6.54 Å². The molecule has 0 aliphatic rings. The Balaban J connectivity index is 1.99. The van der Waals surface area contributed by atoms with E-state index in [1.165, 1.54) is 5.56 Å². The van der Waals surface area contributed by atoms with E-state index in [2.05, 4.69) is 44.2 Å². The number of benzene rings is 1. The van der Waals surface area contributed by atoms with Crippen molar-refractivity contribution in [2.45, 2.75) is 19.5 Å². The highest BCUT2D eigenvalue weighted by atomic mass is 79.9. The summed E-state index contributed by atoms with van der Waals surface area (Å²) < 4.78 is 1.12. The fraction of sp³-hybridized carbons (Fsp3) is 0.231. The molecule has 2 aromatic rings. The molecule has 0 aliphatic carbocycles. The van der Waals surface area contributed by atoms with Gasteiger partial charge in [0.1, 0.15) is 5.82 Å². The Hall–Kier alpha value is -1.26. The molecule has 0 radical (unpaired) electrons. The zero-order valence-corrected chi connectivity index (χ0v) is 11.2. The average Bonchev–Trinajstić information content (AvgIpc) is 2.38. The predicted octanol–water partition coefficient (Wildman–Crippen LogP) is 3.09. The van der Waals surface area contributed by atoms with Crippen molar-refractivity contribution in [3.05, 3.63) is 58.6 Å². The highest BCUT2D eigenvalue weighted by Crippen LogP contribution is 2.22. The second-order valence-corrected chi connectivity index (χ2v) is 4.64. The van der Waals surface area contributed by atoms with E-state index < -0.39 is 0 Å². The van der Waals surface area contributed by atoms with Gasteiger partial charge in [0.15, 0.2) is 0 Å². The monoisotopic (exact) mass is 291 g/mol. The Morgan fingerprint density at radius 1 is 1.18 bits per heavy atom. The minimum atomic E-state index is 0.259. The van der Waals surface area contributed by atoms with Gasteiger partial charge in [0.05, 0.1) is 6.54 Å². The van der Waals surface area contributed by atoms with E-state index in [0.717, 1.165) is 10.3 Å². The molecule has 0 aliphatic heterocycles. The van der Waals surface area contributed by atoms with Crippen molar-refractivity contribution in [3.63, 3.8) is 0 Å². The van der Waals surface area contributed by atoms with Crippen LogP contribution in [-0.2, 0) is 6.54 Å². The van der Waals surface area contributed by atoms with Crippen LogP contribution in [0.15, 0.2) is 47.2 Å². The molecule has 0 amide bonds. The second kappa shape index (κ2) is 5.89. The van der Waals surface area contributed by atoms with Gasteiger partial charge in [-0.3, -0.25) is 0 Å². The van der Waals surface area contributed by atoms with Crippen molar-refractivity contribution < 1.29 is 0 Å². The van der Waals surface area contributed by atoms with Gasteiger partial charge in [0.2, 0.25) is 0 Å². The molecule has 3 nitrogen and oxygen atoms in total. The summed E-state index contributed by atoms with van der Waals surface area (Å²) in [6.45, 7) is 2.80. The molecule has 1 atom stereocenters. The maximum Gasteiger partial charge on any atom is 0.141 e. The van der Waals surface area contributed by atoms with Crippen molar-refractivity contribution in [3.8, 4) is 0 Å². The molecule has 0 spiro atoms. The zero-order valence-electron chi connectivity index (χ0n) is 9.60. The van der Waals surface area contributed by atoms with Gasteiger partial charge >= 0.3 is 0 Å². The molecule has 0 saturated carbocycles. The molecular weight excluding hydrogens is 278 g/mol. The van der Waals surface area contributed by atoms with Crippen LogP contribution in [0.3, 0.4) is 0 Å². The van der Waals surface area contributed by atoms with E-state index in [4.69, 9.17) is 0 Å². The third-order valence-electron chi connectivity index (χ3n) is 2.56. The molecule has 1 N–H and O–H groups in total. The number of nitrogens with zero attached hydrogens (tertiary/aromatic N) is 2. The van der Waals surface area contributed by atoms with Crippen LogP contribution in [0, 0.1) is 0 Å². The number of nitrogens with one attached hydrogen (secondary N) is 1. The standard InChI is InChI=1S/C13H14BrN3/c1-10(11-5-2-3-6-12(11)14)17-9-13-15-7-4-8-16-13/h2-8,10,17H,9H2,1H3/t10-/m0/s1. The van der Waals surface area contributed by atoms with E-state index in [-0.39, 0.29) is 6.04 Å². The normalized spacial score (nSPS) is 12.4. The average molecular weight is 292 g/mol. The summed E-state index contributed by atoms with van der Waals surface area (Å²) in [5.74, 6) is 0.811. The molecule has 88 valence electrons. The molecule has 1 aromatic heterocycles. The minimum Gasteiger partial charge on any atom is -0.303 e. The van der Waals surface area contributed by atoms with Crippen molar-refractivity contribution in [2.24, 2.45) is 0 Å². The van der Waals surface area contributed by atoms with Crippen molar-refractivity contribution in [1.82, 2.24) is 15.3 Å². The Bertz CT molecular complexity index is 473. The molecular formula is C13H14BrN3. The lowest BCUT2D eigenvalue weighted by Gasteiger charge is -2.15. The second-order valence-electron chi connectivity index (χ2n) is 3.79. The molecule has 0 fully saturated rings. The van der Waals surface area contributed by atoms with Gasteiger partial charge in [-0.1, -0.05) is 34.1 Å². The third-order valence-corrected chi connectivity index (χ3v) is 3.28. The first-order valence-corrected chi connectivity index (χ1v) is 6.30.